The van der Waals surface area contributed by atoms with E-state index in [1.54, 1.807) is 6.07 Å². The molecule has 0 saturated heterocycles. The highest BCUT2D eigenvalue weighted by atomic mass is 19.4. The third-order valence-electron chi connectivity index (χ3n) is 3.61. The van der Waals surface area contributed by atoms with Gasteiger partial charge in [0, 0.05) is 23.5 Å². The average Bonchev–Trinajstić information content (AvgIpc) is 2.61. The van der Waals surface area contributed by atoms with Gasteiger partial charge in [0.05, 0.1) is 0 Å². The number of hydrogen-bond donors (Lipinski definition) is 1. The normalized spacial score (nSPS) is 11.7. The van der Waals surface area contributed by atoms with Crippen molar-refractivity contribution >= 4 is 22.2 Å². The quantitative estimate of drug-likeness (QED) is 0.481. The lowest BCUT2D eigenvalue weighted by atomic mass is 10.0. The molecule has 3 aromatic rings. The minimum Gasteiger partial charge on any atom is -0.406 e. The summed E-state index contributed by atoms with van der Waals surface area (Å²) in [4.78, 5) is 12.2. The first-order chi connectivity index (χ1) is 12.4. The summed E-state index contributed by atoms with van der Waals surface area (Å²) < 4.78 is 40.1. The van der Waals surface area contributed by atoms with E-state index < -0.39 is 6.36 Å². The molecule has 0 radical (unpaired) electrons. The van der Waals surface area contributed by atoms with Gasteiger partial charge in [-0.3, -0.25) is 4.79 Å². The van der Waals surface area contributed by atoms with Crippen LogP contribution in [0, 0.1) is 0 Å². The molecule has 1 N–H and O–H groups in total. The lowest BCUT2D eigenvalue weighted by Gasteiger charge is -2.09. The van der Waals surface area contributed by atoms with Crippen molar-refractivity contribution in [2.75, 3.05) is 5.32 Å². The topological polar surface area (TPSA) is 38.3 Å². The molecule has 0 unspecified atom stereocenters. The Morgan fingerprint density at radius 1 is 0.923 bits per heavy atom. The van der Waals surface area contributed by atoms with Gasteiger partial charge in [-0.15, -0.1) is 13.2 Å². The fourth-order valence-electron chi connectivity index (χ4n) is 2.41. The summed E-state index contributed by atoms with van der Waals surface area (Å²) in [6.45, 7) is 0. The number of ether oxygens (including phenoxy) is 1. The molecule has 3 nitrogen and oxygen atoms in total. The first-order valence-corrected chi connectivity index (χ1v) is 7.73. The van der Waals surface area contributed by atoms with E-state index in [0.717, 1.165) is 10.8 Å². The van der Waals surface area contributed by atoms with E-state index >= 15 is 0 Å². The molecule has 132 valence electrons. The van der Waals surface area contributed by atoms with Crippen LogP contribution in [0.3, 0.4) is 0 Å². The Hall–Kier alpha value is -3.28. The minimum atomic E-state index is -4.72. The smallest absolute Gasteiger partial charge is 0.406 e. The third kappa shape index (κ3) is 4.63. The van der Waals surface area contributed by atoms with Crippen molar-refractivity contribution in [2.45, 2.75) is 6.36 Å². The van der Waals surface area contributed by atoms with Crippen LogP contribution in [-0.2, 0) is 0 Å². The van der Waals surface area contributed by atoms with Crippen LogP contribution >= 0.6 is 0 Å². The lowest BCUT2D eigenvalue weighted by molar-refractivity contribution is -0.274. The summed E-state index contributed by atoms with van der Waals surface area (Å²) >= 11 is 0. The second-order valence-corrected chi connectivity index (χ2v) is 5.48. The molecule has 0 aliphatic carbocycles. The molecular weight excluding hydrogens is 343 g/mol. The highest BCUT2D eigenvalue weighted by Crippen LogP contribution is 2.24. The van der Waals surface area contributed by atoms with Crippen LogP contribution in [0.15, 0.2) is 79.0 Å². The van der Waals surface area contributed by atoms with Crippen LogP contribution in [0.25, 0.3) is 10.8 Å². The van der Waals surface area contributed by atoms with Gasteiger partial charge < -0.3 is 10.1 Å². The number of anilines is 1. The van der Waals surface area contributed by atoms with E-state index in [1.165, 1.54) is 36.5 Å². The molecule has 0 bridgehead atoms. The van der Waals surface area contributed by atoms with Crippen molar-refractivity contribution in [3.05, 3.63) is 84.6 Å². The number of ketones is 1. The summed E-state index contributed by atoms with van der Waals surface area (Å²) in [6, 6.07) is 18.4. The van der Waals surface area contributed by atoms with Crippen molar-refractivity contribution in [3.8, 4) is 5.75 Å². The third-order valence-corrected chi connectivity index (χ3v) is 3.61. The summed E-state index contributed by atoms with van der Waals surface area (Å²) in [5.41, 5.74) is 1.08. The van der Waals surface area contributed by atoms with Gasteiger partial charge in [0.1, 0.15) is 5.75 Å². The number of alkyl halides is 3. The van der Waals surface area contributed by atoms with Crippen LogP contribution < -0.4 is 10.1 Å². The highest BCUT2D eigenvalue weighted by Gasteiger charge is 2.30. The first-order valence-electron chi connectivity index (χ1n) is 7.73. The Balaban J connectivity index is 1.63. The number of halogens is 3. The predicted octanol–water partition coefficient (Wildman–Crippen LogP) is 5.55. The van der Waals surface area contributed by atoms with E-state index in [0.29, 0.717) is 11.3 Å². The van der Waals surface area contributed by atoms with Crippen LogP contribution in [0.5, 0.6) is 5.75 Å². The van der Waals surface area contributed by atoms with Crippen molar-refractivity contribution in [1.82, 2.24) is 0 Å². The molecule has 0 saturated carbocycles. The van der Waals surface area contributed by atoms with Gasteiger partial charge in [0.25, 0.3) is 0 Å². The molecule has 0 atom stereocenters. The fraction of sp³-hybridized carbons (Fsp3) is 0.0500. The molecule has 0 aliphatic rings. The van der Waals surface area contributed by atoms with Gasteiger partial charge in [-0.1, -0.05) is 36.4 Å². The molecule has 0 heterocycles. The zero-order valence-corrected chi connectivity index (χ0v) is 13.5. The maximum absolute atomic E-state index is 12.2. The Morgan fingerprint density at radius 2 is 1.62 bits per heavy atom. The number of hydrogen-bond acceptors (Lipinski definition) is 3. The van der Waals surface area contributed by atoms with Crippen LogP contribution in [0.2, 0.25) is 0 Å². The van der Waals surface area contributed by atoms with Gasteiger partial charge in [-0.2, -0.15) is 0 Å². The van der Waals surface area contributed by atoms with E-state index in [2.05, 4.69) is 10.1 Å². The number of carbonyl (C=O) groups is 1. The molecule has 3 rings (SSSR count). The van der Waals surface area contributed by atoms with E-state index in [-0.39, 0.29) is 11.5 Å². The number of fused-ring (bicyclic) bond motifs is 1. The zero-order valence-electron chi connectivity index (χ0n) is 13.5. The zero-order chi connectivity index (χ0) is 18.6. The SMILES string of the molecule is O=C(/C=C\Nc1ccc(OC(F)(F)F)cc1)c1ccc2ccccc2c1. The van der Waals surface area contributed by atoms with Crippen molar-refractivity contribution in [3.63, 3.8) is 0 Å². The molecule has 0 spiro atoms. The molecular formula is C20H14F3NO2. The van der Waals surface area contributed by atoms with Gasteiger partial charge in [-0.25, -0.2) is 0 Å². The van der Waals surface area contributed by atoms with Crippen molar-refractivity contribution < 1.29 is 22.7 Å². The van der Waals surface area contributed by atoms with Gasteiger partial charge in [0.2, 0.25) is 0 Å². The molecule has 0 amide bonds. The fourth-order valence-corrected chi connectivity index (χ4v) is 2.41. The number of allylic oxidation sites excluding steroid dienone is 1. The van der Waals surface area contributed by atoms with Gasteiger partial charge >= 0.3 is 6.36 Å². The monoisotopic (exact) mass is 357 g/mol. The maximum atomic E-state index is 12.2. The van der Waals surface area contributed by atoms with E-state index in [1.807, 2.05) is 36.4 Å². The molecule has 6 heteroatoms. The summed E-state index contributed by atoms with van der Waals surface area (Å²) in [7, 11) is 0. The average molecular weight is 357 g/mol. The Morgan fingerprint density at radius 3 is 2.31 bits per heavy atom. The number of nitrogens with one attached hydrogen (secondary N) is 1. The first kappa shape index (κ1) is 17.5. The summed E-state index contributed by atoms with van der Waals surface area (Å²) in [5.74, 6) is -0.487. The number of benzene rings is 3. The largest absolute Gasteiger partial charge is 0.573 e. The van der Waals surface area contributed by atoms with Crippen molar-refractivity contribution in [1.29, 1.82) is 0 Å². The van der Waals surface area contributed by atoms with Crippen molar-refractivity contribution in [2.24, 2.45) is 0 Å². The Labute approximate surface area is 147 Å². The highest BCUT2D eigenvalue weighted by molar-refractivity contribution is 6.06. The van der Waals surface area contributed by atoms with E-state index in [4.69, 9.17) is 0 Å². The van der Waals surface area contributed by atoms with Gasteiger partial charge in [0.15, 0.2) is 5.78 Å². The molecule has 0 aromatic heterocycles. The molecule has 26 heavy (non-hydrogen) atoms. The number of carbonyl (C=O) groups excluding carboxylic acids is 1. The minimum absolute atomic E-state index is 0.180. The predicted molar refractivity (Wildman–Crippen MR) is 94.2 cm³/mol. The van der Waals surface area contributed by atoms with Crippen LogP contribution in [-0.4, -0.2) is 12.1 Å². The molecule has 0 fully saturated rings. The Kier molecular flexibility index (Phi) is 4.93. The van der Waals surface area contributed by atoms with Crippen LogP contribution in [0.1, 0.15) is 10.4 Å². The van der Waals surface area contributed by atoms with Gasteiger partial charge in [-0.05, 0) is 41.1 Å². The summed E-state index contributed by atoms with van der Waals surface area (Å²) in [6.07, 6.45) is -1.91. The second kappa shape index (κ2) is 7.31. The second-order valence-electron chi connectivity index (χ2n) is 5.48. The molecule has 0 aliphatic heterocycles. The summed E-state index contributed by atoms with van der Waals surface area (Å²) in [5, 5.41) is 4.85. The lowest BCUT2D eigenvalue weighted by Crippen LogP contribution is -2.16. The maximum Gasteiger partial charge on any atom is 0.573 e. The van der Waals surface area contributed by atoms with E-state index in [9.17, 15) is 18.0 Å². The number of rotatable bonds is 5. The standard InChI is InChI=1S/C20H14F3NO2/c21-20(22,23)26-18-9-7-17(8-10-18)24-12-11-19(25)16-6-5-14-3-1-2-4-15(14)13-16/h1-13,24H/b12-11-. The van der Waals surface area contributed by atoms with Crippen LogP contribution in [0.4, 0.5) is 18.9 Å². The molecule has 3 aromatic carbocycles. The Bertz CT molecular complexity index is 947.